The summed E-state index contributed by atoms with van der Waals surface area (Å²) in [6.07, 6.45) is 3.11. The molecule has 0 aliphatic rings. The first kappa shape index (κ1) is 21.5. The van der Waals surface area contributed by atoms with E-state index in [9.17, 15) is 9.59 Å². The highest BCUT2D eigenvalue weighted by molar-refractivity contribution is 5.96. The zero-order valence-electron chi connectivity index (χ0n) is 17.0. The number of nitrogens with zero attached hydrogens (tertiary/aromatic N) is 4. The Bertz CT molecular complexity index is 1240. The number of ether oxygens (including phenoxy) is 2. The van der Waals surface area contributed by atoms with Gasteiger partial charge in [0, 0.05) is 12.6 Å². The van der Waals surface area contributed by atoms with Gasteiger partial charge in [-0.2, -0.15) is 0 Å². The highest BCUT2D eigenvalue weighted by Gasteiger charge is 2.19. The van der Waals surface area contributed by atoms with Crippen LogP contribution in [0.3, 0.4) is 0 Å². The van der Waals surface area contributed by atoms with Gasteiger partial charge in [0.05, 0.1) is 6.54 Å². The summed E-state index contributed by atoms with van der Waals surface area (Å²) in [6.45, 7) is -0.644. The summed E-state index contributed by atoms with van der Waals surface area (Å²) < 4.78 is 20.6. The van der Waals surface area contributed by atoms with Crippen LogP contribution in [-0.2, 0) is 17.8 Å². The van der Waals surface area contributed by atoms with Crippen molar-refractivity contribution in [1.29, 1.82) is 0 Å². The van der Waals surface area contributed by atoms with Crippen molar-refractivity contribution >= 4 is 11.9 Å². The van der Waals surface area contributed by atoms with Crippen molar-refractivity contribution in [2.24, 2.45) is 0 Å². The lowest BCUT2D eigenvalue weighted by molar-refractivity contribution is -0.139. The maximum Gasteiger partial charge on any atom is 0.341 e. The molecule has 168 valence electrons. The number of oxazole rings is 1. The van der Waals surface area contributed by atoms with Crippen LogP contribution in [0.4, 0.5) is 0 Å². The number of carbonyl (C=O) groups is 2. The number of nitrogens with one attached hydrogen (secondary N) is 1. The Kier molecular flexibility index (Phi) is 6.54. The first-order chi connectivity index (χ1) is 16.1. The van der Waals surface area contributed by atoms with Crippen LogP contribution in [0.5, 0.6) is 17.7 Å². The van der Waals surface area contributed by atoms with Crippen molar-refractivity contribution in [2.75, 3.05) is 6.61 Å². The molecule has 0 radical (unpaired) electrons. The standard InChI is InChI=1S/C21H17N5O7/c27-17(28)12-30-18-11-23-16(31-18)10-24-19(29)14-7-4-8-22-20(14)32-21-15(25-33-26-21)9-13-5-2-1-3-6-13/h1-8,11H,9-10,12H2,(H,24,29)(H,27,28). The number of pyridine rings is 1. The third-order valence-corrected chi connectivity index (χ3v) is 4.22. The number of carboxylic acid groups (broad SMARTS) is 1. The Morgan fingerprint density at radius 2 is 1.88 bits per heavy atom. The molecule has 0 atom stereocenters. The average molecular weight is 451 g/mol. The second-order valence-corrected chi connectivity index (χ2v) is 6.57. The Hall–Kier alpha value is -4.74. The van der Waals surface area contributed by atoms with Gasteiger partial charge in [-0.1, -0.05) is 35.5 Å². The van der Waals surface area contributed by atoms with Crippen LogP contribution in [0.25, 0.3) is 0 Å². The summed E-state index contributed by atoms with van der Waals surface area (Å²) in [5, 5.41) is 18.9. The summed E-state index contributed by atoms with van der Waals surface area (Å²) in [5.41, 5.74) is 1.57. The maximum atomic E-state index is 12.7. The molecule has 0 bridgehead atoms. The minimum absolute atomic E-state index is 0.0119. The molecule has 0 unspecified atom stereocenters. The number of hydrogen-bond acceptors (Lipinski definition) is 10. The molecule has 0 aliphatic carbocycles. The van der Waals surface area contributed by atoms with E-state index in [0.29, 0.717) is 12.1 Å². The average Bonchev–Trinajstić information content (AvgIpc) is 3.46. The van der Waals surface area contributed by atoms with E-state index in [0.717, 1.165) is 5.56 Å². The van der Waals surface area contributed by atoms with Crippen LogP contribution in [0, 0.1) is 0 Å². The van der Waals surface area contributed by atoms with E-state index in [4.69, 9.17) is 23.6 Å². The number of hydrogen-bond donors (Lipinski definition) is 2. The lowest BCUT2D eigenvalue weighted by atomic mass is 10.1. The molecule has 1 aromatic carbocycles. The quantitative estimate of drug-likeness (QED) is 0.363. The monoisotopic (exact) mass is 451 g/mol. The van der Waals surface area contributed by atoms with Crippen LogP contribution < -0.4 is 14.8 Å². The molecule has 12 nitrogen and oxygen atoms in total. The van der Waals surface area contributed by atoms with Crippen molar-refractivity contribution in [2.45, 2.75) is 13.0 Å². The van der Waals surface area contributed by atoms with E-state index in [1.807, 2.05) is 30.3 Å². The molecule has 0 spiro atoms. The number of aromatic nitrogens is 4. The molecular weight excluding hydrogens is 434 g/mol. The highest BCUT2D eigenvalue weighted by Crippen LogP contribution is 2.25. The van der Waals surface area contributed by atoms with Crippen molar-refractivity contribution < 1.29 is 33.2 Å². The fourth-order valence-electron chi connectivity index (χ4n) is 2.74. The third kappa shape index (κ3) is 5.70. The van der Waals surface area contributed by atoms with Crippen LogP contribution in [-0.4, -0.2) is 43.9 Å². The van der Waals surface area contributed by atoms with Gasteiger partial charge in [-0.05, 0) is 22.9 Å². The van der Waals surface area contributed by atoms with E-state index < -0.39 is 18.5 Å². The largest absolute Gasteiger partial charge is 0.479 e. The third-order valence-electron chi connectivity index (χ3n) is 4.22. The van der Waals surface area contributed by atoms with Crippen LogP contribution in [0.15, 0.2) is 63.9 Å². The Balaban J connectivity index is 1.41. The zero-order valence-corrected chi connectivity index (χ0v) is 17.0. The summed E-state index contributed by atoms with van der Waals surface area (Å²) >= 11 is 0. The van der Waals surface area contributed by atoms with Gasteiger partial charge in [0.2, 0.25) is 11.8 Å². The van der Waals surface area contributed by atoms with E-state index in [1.54, 1.807) is 6.07 Å². The molecule has 3 heterocycles. The fraction of sp³-hybridized carbons (Fsp3) is 0.143. The number of amides is 1. The second-order valence-electron chi connectivity index (χ2n) is 6.57. The summed E-state index contributed by atoms with van der Waals surface area (Å²) in [5.74, 6) is -1.50. The molecule has 3 aromatic heterocycles. The predicted molar refractivity (Wildman–Crippen MR) is 109 cm³/mol. The minimum Gasteiger partial charge on any atom is -0.479 e. The van der Waals surface area contributed by atoms with E-state index in [-0.39, 0.29) is 35.7 Å². The van der Waals surface area contributed by atoms with Crippen molar-refractivity contribution in [3.8, 4) is 17.7 Å². The normalized spacial score (nSPS) is 10.5. The number of carboxylic acids is 1. The molecule has 0 saturated heterocycles. The smallest absolute Gasteiger partial charge is 0.341 e. The van der Waals surface area contributed by atoms with Gasteiger partial charge >= 0.3 is 11.9 Å². The minimum atomic E-state index is -1.15. The molecule has 1 amide bonds. The SMILES string of the molecule is O=C(O)COc1cnc(CNC(=O)c2cccnc2Oc2nonc2Cc2ccccc2)o1. The van der Waals surface area contributed by atoms with Crippen molar-refractivity contribution in [3.05, 3.63) is 77.6 Å². The molecule has 0 aliphatic heterocycles. The van der Waals surface area contributed by atoms with E-state index >= 15 is 0 Å². The topological polar surface area (TPSA) is 163 Å². The first-order valence-corrected chi connectivity index (χ1v) is 9.64. The number of rotatable bonds is 10. The van der Waals surface area contributed by atoms with Crippen LogP contribution in [0.2, 0.25) is 0 Å². The molecule has 2 N–H and O–H groups in total. The van der Waals surface area contributed by atoms with E-state index in [2.05, 4.69) is 25.6 Å². The summed E-state index contributed by atoms with van der Waals surface area (Å²) in [4.78, 5) is 31.3. The molecular formula is C21H17N5O7. The lowest BCUT2D eigenvalue weighted by Gasteiger charge is -2.08. The summed E-state index contributed by atoms with van der Waals surface area (Å²) in [7, 11) is 0. The Morgan fingerprint density at radius 3 is 2.70 bits per heavy atom. The lowest BCUT2D eigenvalue weighted by Crippen LogP contribution is -2.23. The first-order valence-electron chi connectivity index (χ1n) is 9.64. The highest BCUT2D eigenvalue weighted by atomic mass is 16.6. The maximum absolute atomic E-state index is 12.7. The van der Waals surface area contributed by atoms with Crippen LogP contribution >= 0.6 is 0 Å². The summed E-state index contributed by atoms with van der Waals surface area (Å²) in [6, 6.07) is 12.7. The Morgan fingerprint density at radius 1 is 1.03 bits per heavy atom. The van der Waals surface area contributed by atoms with Gasteiger partial charge in [0.1, 0.15) is 11.8 Å². The number of carbonyl (C=O) groups excluding carboxylic acids is 1. The molecule has 33 heavy (non-hydrogen) atoms. The number of aliphatic carboxylic acids is 1. The zero-order chi connectivity index (χ0) is 23.0. The van der Waals surface area contributed by atoms with Crippen molar-refractivity contribution in [3.63, 3.8) is 0 Å². The van der Waals surface area contributed by atoms with Gasteiger partial charge in [-0.15, -0.1) is 0 Å². The Labute approximate surface area is 186 Å². The molecule has 0 saturated carbocycles. The van der Waals surface area contributed by atoms with Gasteiger partial charge in [-0.25, -0.2) is 19.4 Å². The number of benzene rings is 1. The van der Waals surface area contributed by atoms with Gasteiger partial charge in [0.25, 0.3) is 11.8 Å². The predicted octanol–water partition coefficient (Wildman–Crippen LogP) is 2.23. The fourth-order valence-corrected chi connectivity index (χ4v) is 2.74. The van der Waals surface area contributed by atoms with Gasteiger partial charge in [0.15, 0.2) is 12.3 Å². The molecule has 0 fully saturated rings. The molecule has 4 rings (SSSR count). The molecule has 4 aromatic rings. The van der Waals surface area contributed by atoms with Gasteiger partial charge < -0.3 is 24.3 Å². The molecule has 12 heteroatoms. The van der Waals surface area contributed by atoms with Crippen LogP contribution in [0.1, 0.15) is 27.5 Å². The van der Waals surface area contributed by atoms with Crippen molar-refractivity contribution in [1.82, 2.24) is 25.6 Å². The van der Waals surface area contributed by atoms with Gasteiger partial charge in [-0.3, -0.25) is 4.79 Å². The second kappa shape index (κ2) is 10.0. The van der Waals surface area contributed by atoms with E-state index in [1.165, 1.54) is 18.5 Å².